The van der Waals surface area contributed by atoms with Gasteiger partial charge in [-0.25, -0.2) is 0 Å². The number of hydrogen-bond acceptors (Lipinski definition) is 6. The zero-order valence-corrected chi connectivity index (χ0v) is 15.4. The predicted octanol–water partition coefficient (Wildman–Crippen LogP) is 2.82. The van der Waals surface area contributed by atoms with Crippen molar-refractivity contribution in [3.8, 4) is 5.88 Å². The number of rotatable bonds is 7. The third-order valence-electron chi connectivity index (χ3n) is 3.68. The number of ether oxygens (including phenoxy) is 1. The molecule has 1 amide bonds. The molecule has 0 saturated heterocycles. The molecule has 2 aromatic rings. The van der Waals surface area contributed by atoms with Gasteiger partial charge in [0, 0.05) is 25.7 Å². The van der Waals surface area contributed by atoms with E-state index in [9.17, 15) is 18.0 Å². The Hall–Kier alpha value is -3.30. The summed E-state index contributed by atoms with van der Waals surface area (Å²) in [5.74, 6) is -0.804. The zero-order chi connectivity index (χ0) is 20.7. The number of likely N-dealkylation sites (N-methyl/N-ethyl adjacent to an activating group) is 1. The molecule has 1 aromatic heterocycles. The lowest BCUT2D eigenvalue weighted by atomic mass is 10.0. The molecule has 0 aliphatic carbocycles. The number of anilines is 1. The number of aromatic nitrogens is 1. The first-order chi connectivity index (χ1) is 13.3. The van der Waals surface area contributed by atoms with E-state index in [0.717, 1.165) is 12.1 Å². The second-order valence-electron chi connectivity index (χ2n) is 5.44. The Kier molecular flexibility index (Phi) is 6.80. The second kappa shape index (κ2) is 9.07. The molecule has 0 saturated carbocycles. The summed E-state index contributed by atoms with van der Waals surface area (Å²) in [7, 11) is 4.11. The van der Waals surface area contributed by atoms with E-state index in [0.29, 0.717) is 11.1 Å². The number of benzene rings is 1. The van der Waals surface area contributed by atoms with Gasteiger partial charge in [-0.15, -0.1) is 0 Å². The van der Waals surface area contributed by atoms with Crippen LogP contribution in [0.5, 0.6) is 5.88 Å². The van der Waals surface area contributed by atoms with Crippen LogP contribution < -0.4 is 15.4 Å². The molecule has 7 nitrogen and oxygen atoms in total. The average molecular weight is 396 g/mol. The molecule has 0 aliphatic rings. The first-order valence-corrected chi connectivity index (χ1v) is 8.12. The molecule has 0 spiro atoms. The minimum atomic E-state index is -4.53. The maximum atomic E-state index is 13.0. The summed E-state index contributed by atoms with van der Waals surface area (Å²) in [5.41, 5.74) is 0.191. The number of oxime groups is 1. The van der Waals surface area contributed by atoms with Crippen molar-refractivity contribution < 1.29 is 27.5 Å². The summed E-state index contributed by atoms with van der Waals surface area (Å²) >= 11 is 0. The number of halogens is 3. The van der Waals surface area contributed by atoms with Crippen molar-refractivity contribution in [2.24, 2.45) is 5.16 Å². The smallest absolute Gasteiger partial charge is 0.419 e. The third kappa shape index (κ3) is 4.90. The van der Waals surface area contributed by atoms with E-state index in [1.54, 1.807) is 24.3 Å². The molecule has 28 heavy (non-hydrogen) atoms. The van der Waals surface area contributed by atoms with Crippen LogP contribution >= 0.6 is 0 Å². The molecular formula is C18H19F3N4O3. The van der Waals surface area contributed by atoms with Crippen LogP contribution in [0.4, 0.5) is 19.0 Å². The fourth-order valence-corrected chi connectivity index (χ4v) is 2.39. The molecule has 1 heterocycles. The second-order valence-corrected chi connectivity index (χ2v) is 5.44. The van der Waals surface area contributed by atoms with Crippen molar-refractivity contribution in [2.45, 2.75) is 12.8 Å². The molecule has 0 radical (unpaired) electrons. The minimum absolute atomic E-state index is 0.00248. The number of amides is 1. The average Bonchev–Trinajstić information content (AvgIpc) is 2.69. The van der Waals surface area contributed by atoms with Crippen molar-refractivity contribution in [2.75, 3.05) is 26.5 Å². The van der Waals surface area contributed by atoms with E-state index in [1.165, 1.54) is 21.2 Å². The number of alkyl halides is 3. The van der Waals surface area contributed by atoms with E-state index in [4.69, 9.17) is 9.57 Å². The van der Waals surface area contributed by atoms with Gasteiger partial charge in [0.1, 0.15) is 19.5 Å². The lowest BCUT2D eigenvalue weighted by Crippen LogP contribution is -2.29. The highest BCUT2D eigenvalue weighted by atomic mass is 19.4. The van der Waals surface area contributed by atoms with Crippen molar-refractivity contribution in [3.05, 3.63) is 53.1 Å². The number of hydrogen-bond donors (Lipinski definition) is 2. The molecule has 10 heteroatoms. The van der Waals surface area contributed by atoms with Crippen LogP contribution in [0.25, 0.3) is 0 Å². The molecule has 2 N–H and O–H groups in total. The lowest BCUT2D eigenvalue weighted by Gasteiger charge is -2.14. The molecule has 0 atom stereocenters. The van der Waals surface area contributed by atoms with Gasteiger partial charge in [0.25, 0.3) is 5.91 Å². The highest BCUT2D eigenvalue weighted by Crippen LogP contribution is 2.34. The molecular weight excluding hydrogens is 377 g/mol. The number of carbonyl (C=O) groups excluding carboxylic acids is 1. The normalized spacial score (nSPS) is 11.7. The maximum Gasteiger partial charge on any atom is 0.419 e. The van der Waals surface area contributed by atoms with Gasteiger partial charge < -0.3 is 20.2 Å². The minimum Gasteiger partial charge on any atom is -0.473 e. The number of carbonyl (C=O) groups is 1. The Balaban J connectivity index is 2.29. The largest absolute Gasteiger partial charge is 0.473 e. The van der Waals surface area contributed by atoms with Crippen molar-refractivity contribution in [3.63, 3.8) is 0 Å². The third-order valence-corrected chi connectivity index (χ3v) is 3.68. The predicted molar refractivity (Wildman–Crippen MR) is 97.2 cm³/mol. The van der Waals surface area contributed by atoms with Crippen LogP contribution in [0, 0.1) is 0 Å². The Morgan fingerprint density at radius 2 is 1.89 bits per heavy atom. The van der Waals surface area contributed by atoms with E-state index in [2.05, 4.69) is 20.8 Å². The summed E-state index contributed by atoms with van der Waals surface area (Å²) in [4.78, 5) is 20.6. The van der Waals surface area contributed by atoms with Gasteiger partial charge in [-0.05, 0) is 11.6 Å². The number of nitrogens with zero attached hydrogens (tertiary/aromatic N) is 2. The summed E-state index contributed by atoms with van der Waals surface area (Å²) in [5, 5.41) is 8.62. The number of nitrogens with one attached hydrogen (secondary N) is 2. The van der Waals surface area contributed by atoms with Crippen LogP contribution in [-0.4, -0.2) is 37.8 Å². The van der Waals surface area contributed by atoms with Gasteiger partial charge in [-0.3, -0.25) is 4.79 Å². The fraction of sp³-hybridized carbons (Fsp3) is 0.278. The van der Waals surface area contributed by atoms with Gasteiger partial charge in [0.2, 0.25) is 5.88 Å². The monoisotopic (exact) mass is 396 g/mol. The highest BCUT2D eigenvalue weighted by molar-refractivity contribution is 6.45. The van der Waals surface area contributed by atoms with Gasteiger partial charge in [0.15, 0.2) is 5.71 Å². The SMILES string of the molecule is CNC(=O)/C(=N/OC)c1ccccc1COc1ccc(C(F)(F)F)c(NC)n1. The Labute approximate surface area is 159 Å². The van der Waals surface area contributed by atoms with Gasteiger partial charge in [-0.2, -0.15) is 18.2 Å². The van der Waals surface area contributed by atoms with Crippen molar-refractivity contribution >= 4 is 17.4 Å². The quantitative estimate of drug-likeness (QED) is 0.555. The Morgan fingerprint density at radius 3 is 2.50 bits per heavy atom. The molecule has 150 valence electrons. The van der Waals surface area contributed by atoms with Crippen LogP contribution in [0.2, 0.25) is 0 Å². The number of pyridine rings is 1. The molecule has 0 fully saturated rings. The van der Waals surface area contributed by atoms with Crippen LogP contribution in [0.3, 0.4) is 0 Å². The van der Waals surface area contributed by atoms with E-state index in [1.807, 2.05) is 0 Å². The maximum absolute atomic E-state index is 13.0. The van der Waals surface area contributed by atoms with Crippen molar-refractivity contribution in [1.29, 1.82) is 0 Å². The first-order valence-electron chi connectivity index (χ1n) is 8.12. The first kappa shape index (κ1) is 21.0. The molecule has 0 unspecified atom stereocenters. The van der Waals surface area contributed by atoms with Crippen LogP contribution in [0.15, 0.2) is 41.6 Å². The molecule has 0 bridgehead atoms. The van der Waals surface area contributed by atoms with Gasteiger partial charge in [0.05, 0.1) is 5.56 Å². The van der Waals surface area contributed by atoms with Crippen LogP contribution in [-0.2, 0) is 22.4 Å². The Bertz CT molecular complexity index is 869. The van der Waals surface area contributed by atoms with E-state index >= 15 is 0 Å². The summed E-state index contributed by atoms with van der Waals surface area (Å²) in [6, 6.07) is 8.83. The fourth-order valence-electron chi connectivity index (χ4n) is 2.39. The van der Waals surface area contributed by atoms with E-state index in [-0.39, 0.29) is 24.0 Å². The summed E-state index contributed by atoms with van der Waals surface area (Å²) in [6.45, 7) is -0.0442. The van der Waals surface area contributed by atoms with Gasteiger partial charge in [-0.1, -0.05) is 29.4 Å². The Morgan fingerprint density at radius 1 is 1.18 bits per heavy atom. The standard InChI is InChI=1S/C18H19F3N4O3/c1-22-16-13(18(19,20)21)8-9-14(24-16)28-10-11-6-4-5-7-12(11)15(25-27-3)17(26)23-2/h4-9H,10H2,1-3H3,(H,22,24)(H,23,26)/b25-15+. The van der Waals surface area contributed by atoms with E-state index < -0.39 is 17.6 Å². The molecule has 2 rings (SSSR count). The highest BCUT2D eigenvalue weighted by Gasteiger charge is 2.34. The molecule has 1 aromatic carbocycles. The summed E-state index contributed by atoms with van der Waals surface area (Å²) in [6.07, 6.45) is -4.53. The van der Waals surface area contributed by atoms with Gasteiger partial charge >= 0.3 is 6.18 Å². The van der Waals surface area contributed by atoms with Crippen molar-refractivity contribution in [1.82, 2.24) is 10.3 Å². The summed E-state index contributed by atoms with van der Waals surface area (Å²) < 4.78 is 44.4. The lowest BCUT2D eigenvalue weighted by molar-refractivity contribution is -0.137. The zero-order valence-electron chi connectivity index (χ0n) is 15.4. The topological polar surface area (TPSA) is 84.8 Å². The van der Waals surface area contributed by atoms with Crippen LogP contribution in [0.1, 0.15) is 16.7 Å². The molecule has 0 aliphatic heterocycles.